The van der Waals surface area contributed by atoms with Crippen LogP contribution in [0.25, 0.3) is 16.9 Å². The Morgan fingerprint density at radius 1 is 1.41 bits per heavy atom. The minimum Gasteiger partial charge on any atom is -0.358 e. The number of nitro groups is 1. The van der Waals surface area contributed by atoms with Crippen molar-refractivity contribution in [1.82, 2.24) is 29.9 Å². The van der Waals surface area contributed by atoms with Crippen molar-refractivity contribution in [2.24, 2.45) is 0 Å². The van der Waals surface area contributed by atoms with Crippen LogP contribution in [-0.4, -0.2) is 34.9 Å². The normalized spacial score (nSPS) is 10.8. The maximum absolute atomic E-state index is 10.5. The molecule has 0 fully saturated rings. The van der Waals surface area contributed by atoms with Crippen LogP contribution in [0.3, 0.4) is 0 Å². The zero-order chi connectivity index (χ0) is 11.8. The maximum atomic E-state index is 10.5. The molecule has 0 spiro atoms. The zero-order valence-corrected chi connectivity index (χ0v) is 8.31. The molecule has 9 nitrogen and oxygen atoms in total. The number of nitrogens with one attached hydrogen (secondary N) is 1. The van der Waals surface area contributed by atoms with Gasteiger partial charge in [0, 0.05) is 0 Å². The standard InChI is InChI=1S/C8H5N7O2/c16-15(17)6-1-2-14(13-6)8-5-3-11-12-7(5)9-4-10-8/h1-4H,(H,9,10,11,12). The first kappa shape index (κ1) is 9.39. The number of rotatable bonds is 2. The Morgan fingerprint density at radius 3 is 3.06 bits per heavy atom. The van der Waals surface area contributed by atoms with Gasteiger partial charge in [-0.15, -0.1) is 4.68 Å². The van der Waals surface area contributed by atoms with E-state index in [0.717, 1.165) is 0 Å². The van der Waals surface area contributed by atoms with Crippen molar-refractivity contribution in [3.63, 3.8) is 0 Å². The molecule has 9 heteroatoms. The van der Waals surface area contributed by atoms with Gasteiger partial charge in [-0.3, -0.25) is 5.10 Å². The highest BCUT2D eigenvalue weighted by Gasteiger charge is 2.15. The van der Waals surface area contributed by atoms with Crippen molar-refractivity contribution < 1.29 is 4.92 Å². The van der Waals surface area contributed by atoms with Gasteiger partial charge in [0.15, 0.2) is 11.5 Å². The fourth-order valence-electron chi connectivity index (χ4n) is 1.46. The molecule has 0 aromatic carbocycles. The predicted octanol–water partition coefficient (Wildman–Crippen LogP) is 0.447. The Hall–Kier alpha value is -2.84. The summed E-state index contributed by atoms with van der Waals surface area (Å²) in [4.78, 5) is 18.0. The van der Waals surface area contributed by atoms with E-state index in [1.807, 2.05) is 0 Å². The Labute approximate surface area is 93.3 Å². The van der Waals surface area contributed by atoms with Gasteiger partial charge in [0.2, 0.25) is 0 Å². The number of fused-ring (bicyclic) bond motifs is 1. The van der Waals surface area contributed by atoms with Crippen LogP contribution in [0.2, 0.25) is 0 Å². The molecule has 0 aliphatic carbocycles. The van der Waals surface area contributed by atoms with E-state index < -0.39 is 4.92 Å². The third kappa shape index (κ3) is 1.40. The second-order valence-electron chi connectivity index (χ2n) is 3.21. The lowest BCUT2D eigenvalue weighted by molar-refractivity contribution is -0.389. The lowest BCUT2D eigenvalue weighted by Crippen LogP contribution is -2.00. The first-order valence-corrected chi connectivity index (χ1v) is 4.60. The minimum atomic E-state index is -0.565. The summed E-state index contributed by atoms with van der Waals surface area (Å²) in [6.07, 6.45) is 4.34. The van der Waals surface area contributed by atoms with E-state index in [2.05, 4.69) is 25.3 Å². The maximum Gasteiger partial charge on any atom is 0.390 e. The van der Waals surface area contributed by atoms with Crippen molar-refractivity contribution in [1.29, 1.82) is 0 Å². The van der Waals surface area contributed by atoms with Gasteiger partial charge in [-0.25, -0.2) is 9.97 Å². The van der Waals surface area contributed by atoms with Gasteiger partial charge in [0.25, 0.3) is 0 Å². The van der Waals surface area contributed by atoms with Gasteiger partial charge in [-0.2, -0.15) is 5.10 Å². The smallest absolute Gasteiger partial charge is 0.358 e. The van der Waals surface area contributed by atoms with Crippen molar-refractivity contribution in [2.75, 3.05) is 0 Å². The highest BCUT2D eigenvalue weighted by Crippen LogP contribution is 2.16. The van der Waals surface area contributed by atoms with Crippen molar-refractivity contribution in [3.8, 4) is 5.82 Å². The molecule has 0 unspecified atom stereocenters. The Balaban J connectivity index is 2.19. The Morgan fingerprint density at radius 2 is 2.29 bits per heavy atom. The van der Waals surface area contributed by atoms with Crippen LogP contribution < -0.4 is 0 Å². The van der Waals surface area contributed by atoms with Crippen LogP contribution in [0.15, 0.2) is 24.8 Å². The zero-order valence-electron chi connectivity index (χ0n) is 8.31. The summed E-state index contributed by atoms with van der Waals surface area (Å²) >= 11 is 0. The second-order valence-corrected chi connectivity index (χ2v) is 3.21. The third-order valence-corrected chi connectivity index (χ3v) is 2.21. The summed E-state index contributed by atoms with van der Waals surface area (Å²) in [7, 11) is 0. The summed E-state index contributed by atoms with van der Waals surface area (Å²) in [5, 5.41) is 21.5. The summed E-state index contributed by atoms with van der Waals surface area (Å²) < 4.78 is 1.32. The molecule has 0 bridgehead atoms. The molecule has 0 amide bonds. The molecule has 3 aromatic heterocycles. The van der Waals surface area contributed by atoms with Crippen LogP contribution >= 0.6 is 0 Å². The average Bonchev–Trinajstić information content (AvgIpc) is 2.97. The van der Waals surface area contributed by atoms with Crippen molar-refractivity contribution in [2.45, 2.75) is 0 Å². The van der Waals surface area contributed by atoms with Crippen LogP contribution in [-0.2, 0) is 0 Å². The molecule has 0 aliphatic heterocycles. The molecule has 3 aromatic rings. The number of hydrogen-bond donors (Lipinski definition) is 1. The molecular formula is C8H5N7O2. The first-order valence-electron chi connectivity index (χ1n) is 4.60. The number of H-pyrrole nitrogens is 1. The third-order valence-electron chi connectivity index (χ3n) is 2.21. The van der Waals surface area contributed by atoms with E-state index >= 15 is 0 Å². The van der Waals surface area contributed by atoms with E-state index in [1.165, 1.54) is 29.5 Å². The molecule has 0 saturated heterocycles. The minimum absolute atomic E-state index is 0.236. The van der Waals surface area contributed by atoms with Crippen LogP contribution in [0.4, 0.5) is 5.82 Å². The van der Waals surface area contributed by atoms with E-state index in [-0.39, 0.29) is 5.82 Å². The topological polar surface area (TPSA) is 115 Å². The van der Waals surface area contributed by atoms with E-state index in [9.17, 15) is 10.1 Å². The summed E-state index contributed by atoms with van der Waals surface area (Å²) in [6.45, 7) is 0. The lowest BCUT2D eigenvalue weighted by atomic mass is 10.4. The van der Waals surface area contributed by atoms with Gasteiger partial charge >= 0.3 is 5.82 Å². The Bertz CT molecular complexity index is 701. The van der Waals surface area contributed by atoms with Crippen LogP contribution in [0.5, 0.6) is 0 Å². The SMILES string of the molecule is O=[N+]([O-])c1ccn(-c2ncnc3[nH]ncc23)n1. The highest BCUT2D eigenvalue weighted by atomic mass is 16.6. The van der Waals surface area contributed by atoms with E-state index in [1.54, 1.807) is 0 Å². The molecular weight excluding hydrogens is 226 g/mol. The second kappa shape index (κ2) is 3.33. The molecule has 3 heterocycles. The highest BCUT2D eigenvalue weighted by molar-refractivity contribution is 5.81. The van der Waals surface area contributed by atoms with Gasteiger partial charge in [0.05, 0.1) is 28.9 Å². The monoisotopic (exact) mass is 231 g/mol. The molecule has 17 heavy (non-hydrogen) atoms. The largest absolute Gasteiger partial charge is 0.390 e. The van der Waals surface area contributed by atoms with Gasteiger partial charge in [0.1, 0.15) is 6.33 Å². The van der Waals surface area contributed by atoms with Crippen molar-refractivity contribution in [3.05, 3.63) is 34.9 Å². The van der Waals surface area contributed by atoms with Gasteiger partial charge in [-0.1, -0.05) is 0 Å². The lowest BCUT2D eigenvalue weighted by Gasteiger charge is -1.95. The number of nitrogens with zero attached hydrogens (tertiary/aromatic N) is 6. The fraction of sp³-hybridized carbons (Fsp3) is 0. The molecule has 84 valence electrons. The van der Waals surface area contributed by atoms with Gasteiger partial charge < -0.3 is 10.1 Å². The number of aromatic nitrogens is 6. The molecule has 1 N–H and O–H groups in total. The van der Waals surface area contributed by atoms with Crippen molar-refractivity contribution >= 4 is 16.9 Å². The number of aromatic amines is 1. The van der Waals surface area contributed by atoms with Gasteiger partial charge in [-0.05, 0) is 4.92 Å². The summed E-state index contributed by atoms with van der Waals surface area (Å²) in [5.74, 6) is 0.206. The Kier molecular flexibility index (Phi) is 1.84. The van der Waals surface area contributed by atoms with E-state index in [4.69, 9.17) is 0 Å². The quantitative estimate of drug-likeness (QED) is 0.505. The summed E-state index contributed by atoms with van der Waals surface area (Å²) in [6, 6.07) is 1.30. The molecule has 0 atom stereocenters. The number of hydrogen-bond acceptors (Lipinski definition) is 6. The molecule has 0 radical (unpaired) electrons. The summed E-state index contributed by atoms with van der Waals surface area (Å²) in [5.41, 5.74) is 0.549. The first-order chi connectivity index (χ1) is 8.25. The predicted molar refractivity (Wildman–Crippen MR) is 55.5 cm³/mol. The van der Waals surface area contributed by atoms with Crippen LogP contribution in [0.1, 0.15) is 0 Å². The van der Waals surface area contributed by atoms with E-state index in [0.29, 0.717) is 16.9 Å². The molecule has 3 rings (SSSR count). The molecule has 0 aliphatic rings. The average molecular weight is 231 g/mol. The fourth-order valence-corrected chi connectivity index (χ4v) is 1.46. The van der Waals surface area contributed by atoms with Crippen LogP contribution in [0, 0.1) is 10.1 Å². The molecule has 0 saturated carbocycles.